The number of rotatable bonds is 4. The molecule has 2 amide bonds. The van der Waals surface area contributed by atoms with Crippen LogP contribution in [0.2, 0.25) is 0 Å². The molecule has 0 aromatic carbocycles. The molecule has 118 valence electrons. The minimum Gasteiger partial charge on any atom is -0.724 e. The zero-order chi connectivity index (χ0) is 16.1. The Labute approximate surface area is 153 Å². The summed E-state index contributed by atoms with van der Waals surface area (Å²) in [5.41, 5.74) is 0.849. The number of hydrogen-bond acceptors (Lipinski definition) is 7. The Morgan fingerprint density at radius 1 is 1.48 bits per heavy atom. The standard InChI is InChI=1S/C11H12N4O6S.Na/c1-7(16)10-2-3-14(12-10)8-4-9-6-13(5-8)11(17)15(9)21-22(18,19)20;/h2-4,9H,5-6H2,1H3,(H,18,19,20);/q;+1/p-1. The first-order chi connectivity index (χ1) is 10.2. The summed E-state index contributed by atoms with van der Waals surface area (Å²) in [5, 5.41) is 4.61. The molecule has 0 N–H and O–H groups in total. The largest absolute Gasteiger partial charge is 1.00 e. The number of carbonyl (C=O) groups is 2. The number of nitrogens with zero attached hydrogens (tertiary/aromatic N) is 4. The summed E-state index contributed by atoms with van der Waals surface area (Å²) in [6.07, 6.45) is 3.14. The van der Waals surface area contributed by atoms with Crippen molar-refractivity contribution in [2.45, 2.75) is 13.0 Å². The van der Waals surface area contributed by atoms with E-state index in [1.54, 1.807) is 12.3 Å². The smallest absolute Gasteiger partial charge is 0.724 e. The van der Waals surface area contributed by atoms with Crippen LogP contribution in [0.3, 0.4) is 0 Å². The van der Waals surface area contributed by atoms with Crippen molar-refractivity contribution in [3.8, 4) is 0 Å². The molecule has 1 unspecified atom stereocenters. The molecule has 12 heteroatoms. The fourth-order valence-corrected chi connectivity index (χ4v) is 2.76. The van der Waals surface area contributed by atoms with Crippen molar-refractivity contribution in [2.24, 2.45) is 0 Å². The van der Waals surface area contributed by atoms with Crippen molar-refractivity contribution < 1.29 is 56.4 Å². The molecule has 0 spiro atoms. The van der Waals surface area contributed by atoms with Gasteiger partial charge in [0.2, 0.25) is 10.4 Å². The number of amides is 2. The third kappa shape index (κ3) is 3.65. The van der Waals surface area contributed by atoms with Gasteiger partial charge in [0.15, 0.2) is 5.78 Å². The van der Waals surface area contributed by atoms with Crippen molar-refractivity contribution in [3.63, 3.8) is 0 Å². The number of ketones is 1. The van der Waals surface area contributed by atoms with E-state index in [2.05, 4.69) is 9.38 Å². The predicted octanol–water partition coefficient (Wildman–Crippen LogP) is -3.56. The van der Waals surface area contributed by atoms with Crippen molar-refractivity contribution in [1.29, 1.82) is 0 Å². The molecule has 0 radical (unpaired) electrons. The maximum atomic E-state index is 12.0. The topological polar surface area (TPSA) is 125 Å². The molecule has 23 heavy (non-hydrogen) atoms. The van der Waals surface area contributed by atoms with Crippen molar-refractivity contribution >= 4 is 27.9 Å². The van der Waals surface area contributed by atoms with Crippen molar-refractivity contribution in [2.75, 3.05) is 13.1 Å². The molecule has 1 fully saturated rings. The minimum atomic E-state index is -5.04. The number of hydrogen-bond donors (Lipinski definition) is 0. The van der Waals surface area contributed by atoms with Crippen molar-refractivity contribution in [1.82, 2.24) is 19.7 Å². The molecule has 0 aliphatic carbocycles. The second-order valence-corrected chi connectivity index (χ2v) is 5.86. The van der Waals surface area contributed by atoms with Gasteiger partial charge in [-0.2, -0.15) is 14.4 Å². The molecule has 1 atom stereocenters. The van der Waals surface area contributed by atoms with Gasteiger partial charge >= 0.3 is 35.6 Å². The maximum absolute atomic E-state index is 12.0. The second kappa shape index (κ2) is 6.34. The average Bonchev–Trinajstić information content (AvgIpc) is 2.98. The van der Waals surface area contributed by atoms with Gasteiger partial charge in [0, 0.05) is 19.7 Å². The van der Waals surface area contributed by atoms with E-state index >= 15 is 0 Å². The fraction of sp³-hybridized carbons (Fsp3) is 0.364. The summed E-state index contributed by atoms with van der Waals surface area (Å²) in [5.74, 6) is -0.197. The molecule has 10 nitrogen and oxygen atoms in total. The Morgan fingerprint density at radius 3 is 2.74 bits per heavy atom. The first-order valence-corrected chi connectivity index (χ1v) is 7.59. The average molecular weight is 350 g/mol. The summed E-state index contributed by atoms with van der Waals surface area (Å²) in [6.45, 7) is 1.75. The van der Waals surface area contributed by atoms with Crippen LogP contribution in [-0.4, -0.2) is 63.7 Å². The fourth-order valence-electron chi connectivity index (χ4n) is 2.39. The monoisotopic (exact) mass is 350 g/mol. The normalized spacial score (nSPS) is 20.3. The van der Waals surface area contributed by atoms with Gasteiger partial charge in [-0.25, -0.2) is 17.9 Å². The van der Waals surface area contributed by atoms with E-state index in [0.717, 1.165) is 0 Å². The van der Waals surface area contributed by atoms with Crippen LogP contribution in [0.25, 0.3) is 5.70 Å². The van der Waals surface area contributed by atoms with Gasteiger partial charge in [0.05, 0.1) is 12.2 Å². The molecular formula is C11H11N4NaO6S. The van der Waals surface area contributed by atoms with Gasteiger partial charge in [-0.15, -0.1) is 0 Å². The predicted molar refractivity (Wildman–Crippen MR) is 69.9 cm³/mol. The summed E-state index contributed by atoms with van der Waals surface area (Å²) in [7, 11) is -5.04. The Bertz CT molecular complexity index is 788. The van der Waals surface area contributed by atoms with Crippen LogP contribution in [0.15, 0.2) is 18.3 Å². The Kier molecular flexibility index (Phi) is 4.99. The van der Waals surface area contributed by atoms with E-state index < -0.39 is 22.5 Å². The van der Waals surface area contributed by atoms with E-state index in [0.29, 0.717) is 10.8 Å². The molecule has 2 bridgehead atoms. The Morgan fingerprint density at radius 2 is 2.17 bits per heavy atom. The zero-order valence-corrected chi connectivity index (χ0v) is 15.2. The number of carbonyl (C=O) groups excluding carboxylic acids is 2. The first-order valence-electron chi connectivity index (χ1n) is 6.26. The number of hydroxylamine groups is 2. The van der Waals surface area contributed by atoms with E-state index in [1.807, 2.05) is 0 Å². The van der Waals surface area contributed by atoms with E-state index in [-0.39, 0.29) is 54.1 Å². The number of urea groups is 1. The molecule has 2 aliphatic heterocycles. The van der Waals surface area contributed by atoms with Gasteiger partial charge < -0.3 is 9.45 Å². The molecule has 1 aromatic rings. The number of fused-ring (bicyclic) bond motifs is 2. The maximum Gasteiger partial charge on any atom is 1.00 e. The van der Waals surface area contributed by atoms with Crippen LogP contribution in [0.5, 0.6) is 0 Å². The van der Waals surface area contributed by atoms with Crippen LogP contribution in [0, 0.1) is 0 Å². The summed E-state index contributed by atoms with van der Waals surface area (Å²) < 4.78 is 37.7. The molecule has 1 aromatic heterocycles. The van der Waals surface area contributed by atoms with Gasteiger partial charge in [-0.05, 0) is 12.1 Å². The van der Waals surface area contributed by atoms with Gasteiger partial charge in [-0.3, -0.25) is 4.79 Å². The van der Waals surface area contributed by atoms with E-state index in [9.17, 15) is 22.6 Å². The summed E-state index contributed by atoms with van der Waals surface area (Å²) in [4.78, 5) is 24.5. The Balaban J connectivity index is 0.00000192. The SMILES string of the molecule is CC(=O)c1ccn(C2=CC3CN(C2)C(=O)N3OS(=O)(=O)[O-])n1.[Na+]. The quantitative estimate of drug-likeness (QED) is 0.238. The second-order valence-electron chi connectivity index (χ2n) is 4.90. The molecule has 0 saturated carbocycles. The number of Topliss-reactive ketones (excluding diaryl/α,β-unsaturated/α-hetero) is 1. The minimum absolute atomic E-state index is 0. The van der Waals surface area contributed by atoms with E-state index in [1.165, 1.54) is 22.6 Å². The van der Waals surface area contributed by atoms with Crippen LogP contribution < -0.4 is 29.6 Å². The molecule has 3 rings (SSSR count). The molecule has 2 aliphatic rings. The van der Waals surface area contributed by atoms with Gasteiger partial charge in [0.25, 0.3) is 0 Å². The third-order valence-corrected chi connectivity index (χ3v) is 3.66. The Hall–Kier alpha value is -1.24. The molecular weight excluding hydrogens is 339 g/mol. The summed E-state index contributed by atoms with van der Waals surface area (Å²) in [6, 6.07) is 0.104. The number of aromatic nitrogens is 2. The third-order valence-electron chi connectivity index (χ3n) is 3.32. The van der Waals surface area contributed by atoms with Crippen LogP contribution in [-0.2, 0) is 14.7 Å². The van der Waals surface area contributed by atoms with Gasteiger partial charge in [-0.1, -0.05) is 0 Å². The molecule has 1 saturated heterocycles. The van der Waals surface area contributed by atoms with Crippen LogP contribution in [0.1, 0.15) is 17.4 Å². The van der Waals surface area contributed by atoms with E-state index in [4.69, 9.17) is 0 Å². The van der Waals surface area contributed by atoms with Crippen LogP contribution >= 0.6 is 0 Å². The molecule has 3 heterocycles. The zero-order valence-electron chi connectivity index (χ0n) is 12.4. The first kappa shape index (κ1) is 18.1. The van der Waals surface area contributed by atoms with Crippen LogP contribution in [0.4, 0.5) is 4.79 Å². The van der Waals surface area contributed by atoms with Gasteiger partial charge in [0.1, 0.15) is 11.7 Å². The summed E-state index contributed by atoms with van der Waals surface area (Å²) >= 11 is 0. The van der Waals surface area contributed by atoms with Crippen molar-refractivity contribution in [3.05, 3.63) is 24.0 Å².